The first kappa shape index (κ1) is 13.1. The smallest absolute Gasteiger partial charge is 0.191 e. The Hall–Kier alpha value is 0.140. The van der Waals surface area contributed by atoms with Crippen LogP contribution in [-0.4, -0.2) is 9.17 Å². The van der Waals surface area contributed by atoms with Gasteiger partial charge in [0.05, 0.1) is 18.1 Å². The molecular formula is C7H6Cl4N2. The van der Waals surface area contributed by atoms with Crippen molar-refractivity contribution in [2.75, 3.05) is 0 Å². The van der Waals surface area contributed by atoms with Crippen LogP contribution < -0.4 is 0 Å². The number of halogens is 4. The maximum atomic E-state index is 8.64. The van der Waals surface area contributed by atoms with Gasteiger partial charge in [0.2, 0.25) is 0 Å². The van der Waals surface area contributed by atoms with Crippen molar-refractivity contribution in [1.82, 2.24) is 0 Å². The summed E-state index contributed by atoms with van der Waals surface area (Å²) in [6.07, 6.45) is 0.293. The molecular weight excluding hydrogens is 254 g/mol. The molecule has 0 bridgehead atoms. The molecule has 0 N–H and O–H groups in total. The Labute approximate surface area is 96.9 Å². The van der Waals surface area contributed by atoms with Crippen molar-refractivity contribution in [3.63, 3.8) is 0 Å². The molecule has 0 aliphatic rings. The van der Waals surface area contributed by atoms with Crippen molar-refractivity contribution in [2.45, 2.75) is 22.0 Å². The van der Waals surface area contributed by atoms with Crippen molar-refractivity contribution in [1.29, 1.82) is 10.5 Å². The third-order valence-electron chi connectivity index (χ3n) is 1.29. The molecule has 2 nitrogen and oxygen atoms in total. The van der Waals surface area contributed by atoms with Gasteiger partial charge in [-0.3, -0.25) is 0 Å². The van der Waals surface area contributed by atoms with E-state index in [1.807, 2.05) is 6.07 Å². The number of hydrogen-bond donors (Lipinski definition) is 0. The van der Waals surface area contributed by atoms with E-state index >= 15 is 0 Å². The summed E-state index contributed by atoms with van der Waals surface area (Å²) < 4.78 is -1.47. The van der Waals surface area contributed by atoms with Gasteiger partial charge in [-0.25, -0.2) is 0 Å². The lowest BCUT2D eigenvalue weighted by molar-refractivity contribution is 0.575. The van der Waals surface area contributed by atoms with Crippen LogP contribution in [0.2, 0.25) is 0 Å². The summed E-state index contributed by atoms with van der Waals surface area (Å²) in [5.74, 6) is -0.505. The number of hydrogen-bond acceptors (Lipinski definition) is 2. The molecule has 2 atom stereocenters. The van der Waals surface area contributed by atoms with E-state index in [-0.39, 0.29) is 12.8 Å². The van der Waals surface area contributed by atoms with E-state index < -0.39 is 15.1 Å². The quantitative estimate of drug-likeness (QED) is 0.730. The van der Waals surface area contributed by atoms with Crippen LogP contribution in [0.5, 0.6) is 0 Å². The third-order valence-corrected chi connectivity index (χ3v) is 2.03. The normalized spacial score (nSPS) is 15.5. The minimum absolute atomic E-state index is 0.0824. The molecule has 13 heavy (non-hydrogen) atoms. The van der Waals surface area contributed by atoms with E-state index in [2.05, 4.69) is 0 Å². The largest absolute Gasteiger partial charge is 0.198 e. The molecule has 0 radical (unpaired) electrons. The minimum atomic E-state index is -1.47. The molecule has 6 heteroatoms. The fourth-order valence-corrected chi connectivity index (χ4v) is 1.54. The second-order valence-electron chi connectivity index (χ2n) is 2.48. The Balaban J connectivity index is 4.09. The van der Waals surface area contributed by atoms with Gasteiger partial charge in [-0.15, -0.1) is 11.6 Å². The van der Waals surface area contributed by atoms with Crippen molar-refractivity contribution >= 4 is 46.4 Å². The zero-order valence-electron chi connectivity index (χ0n) is 6.48. The maximum absolute atomic E-state index is 8.64. The van der Waals surface area contributed by atoms with Crippen LogP contribution in [0, 0.1) is 28.6 Å². The van der Waals surface area contributed by atoms with Crippen LogP contribution in [0.25, 0.3) is 0 Å². The number of alkyl halides is 4. The van der Waals surface area contributed by atoms with Crippen LogP contribution in [0.3, 0.4) is 0 Å². The van der Waals surface area contributed by atoms with Crippen molar-refractivity contribution < 1.29 is 0 Å². The second-order valence-corrected chi connectivity index (χ2v) is 5.52. The molecule has 2 unspecified atom stereocenters. The maximum Gasteiger partial charge on any atom is 0.191 e. The van der Waals surface area contributed by atoms with E-state index in [9.17, 15) is 0 Å². The highest BCUT2D eigenvalue weighted by atomic mass is 35.6. The lowest BCUT2D eigenvalue weighted by atomic mass is 10.0. The fraction of sp³-hybridized carbons (Fsp3) is 0.714. The van der Waals surface area contributed by atoms with Crippen LogP contribution in [0.15, 0.2) is 0 Å². The van der Waals surface area contributed by atoms with Crippen LogP contribution in [0.4, 0.5) is 0 Å². The first-order valence-electron chi connectivity index (χ1n) is 3.39. The zero-order valence-corrected chi connectivity index (χ0v) is 9.50. The standard InChI is InChI=1S/C7H6Cl4N2/c8-6(4-13)1-5(3-12)2-7(9,10)11/h5-6H,1-2H2. The summed E-state index contributed by atoms with van der Waals surface area (Å²) in [6.45, 7) is 0. The summed E-state index contributed by atoms with van der Waals surface area (Å²) in [4.78, 5) is 0. The summed E-state index contributed by atoms with van der Waals surface area (Å²) in [6, 6.07) is 3.74. The summed E-state index contributed by atoms with van der Waals surface area (Å²) >= 11 is 22.0. The highest BCUT2D eigenvalue weighted by Crippen LogP contribution is 2.34. The number of nitriles is 2. The van der Waals surface area contributed by atoms with Gasteiger partial charge in [0.25, 0.3) is 0 Å². The van der Waals surface area contributed by atoms with Gasteiger partial charge < -0.3 is 0 Å². The van der Waals surface area contributed by atoms with E-state index in [1.54, 1.807) is 6.07 Å². The van der Waals surface area contributed by atoms with E-state index in [1.165, 1.54) is 0 Å². The van der Waals surface area contributed by atoms with E-state index in [0.717, 1.165) is 0 Å². The van der Waals surface area contributed by atoms with Gasteiger partial charge in [-0.05, 0) is 6.42 Å². The van der Waals surface area contributed by atoms with Gasteiger partial charge in [0, 0.05) is 6.42 Å². The average Bonchev–Trinajstić information content (AvgIpc) is 2.00. The average molecular weight is 260 g/mol. The zero-order chi connectivity index (χ0) is 10.5. The SMILES string of the molecule is N#CC(Cl)CC(C#N)CC(Cl)(Cl)Cl. The number of rotatable bonds is 3. The van der Waals surface area contributed by atoms with Crippen molar-refractivity contribution in [3.05, 3.63) is 0 Å². The third kappa shape index (κ3) is 7.23. The highest BCUT2D eigenvalue weighted by Gasteiger charge is 2.26. The Morgan fingerprint density at radius 1 is 1.15 bits per heavy atom. The predicted octanol–water partition coefficient (Wildman–Crippen LogP) is 3.41. The molecule has 72 valence electrons. The first-order valence-corrected chi connectivity index (χ1v) is 4.96. The fourth-order valence-electron chi connectivity index (χ4n) is 0.764. The summed E-state index contributed by atoms with van der Waals surface area (Å²) in [5.41, 5.74) is 0. The van der Waals surface area contributed by atoms with E-state index in [4.69, 9.17) is 56.9 Å². The second kappa shape index (κ2) is 5.78. The predicted molar refractivity (Wildman–Crippen MR) is 53.9 cm³/mol. The van der Waals surface area contributed by atoms with Crippen LogP contribution >= 0.6 is 46.4 Å². The Morgan fingerprint density at radius 2 is 1.69 bits per heavy atom. The molecule has 0 aromatic heterocycles. The van der Waals surface area contributed by atoms with Gasteiger partial charge in [-0.1, -0.05) is 34.8 Å². The molecule has 0 amide bonds. The minimum Gasteiger partial charge on any atom is -0.198 e. The molecule has 0 saturated carbocycles. The summed E-state index contributed by atoms with van der Waals surface area (Å²) in [5, 5.41) is 16.3. The monoisotopic (exact) mass is 258 g/mol. The Kier molecular flexibility index (Phi) is 5.85. The molecule has 0 spiro atoms. The van der Waals surface area contributed by atoms with Crippen molar-refractivity contribution in [2.24, 2.45) is 5.92 Å². The Bertz CT molecular complexity index is 234. The molecule has 0 aliphatic carbocycles. The molecule has 0 heterocycles. The summed E-state index contributed by atoms with van der Waals surface area (Å²) in [7, 11) is 0. The Morgan fingerprint density at radius 3 is 2.00 bits per heavy atom. The lowest BCUT2D eigenvalue weighted by Crippen LogP contribution is -2.13. The topological polar surface area (TPSA) is 47.6 Å². The van der Waals surface area contributed by atoms with Gasteiger partial charge >= 0.3 is 0 Å². The van der Waals surface area contributed by atoms with Crippen LogP contribution in [0.1, 0.15) is 12.8 Å². The molecule has 0 aromatic carbocycles. The molecule has 0 rings (SSSR count). The van der Waals surface area contributed by atoms with Gasteiger partial charge in [-0.2, -0.15) is 10.5 Å². The lowest BCUT2D eigenvalue weighted by Gasteiger charge is -2.14. The number of nitrogens with zero attached hydrogens (tertiary/aromatic N) is 2. The molecule has 0 aromatic rings. The first-order chi connectivity index (χ1) is 5.89. The molecule has 0 saturated heterocycles. The molecule has 0 aliphatic heterocycles. The van der Waals surface area contributed by atoms with Crippen LogP contribution in [-0.2, 0) is 0 Å². The van der Waals surface area contributed by atoms with Gasteiger partial charge in [0.15, 0.2) is 3.79 Å². The van der Waals surface area contributed by atoms with E-state index in [0.29, 0.717) is 0 Å². The van der Waals surface area contributed by atoms with Crippen molar-refractivity contribution in [3.8, 4) is 12.1 Å². The highest BCUT2D eigenvalue weighted by molar-refractivity contribution is 6.67. The molecule has 0 fully saturated rings. The van der Waals surface area contributed by atoms with Gasteiger partial charge in [0.1, 0.15) is 5.38 Å².